The largest absolute Gasteiger partial charge is 0.453 e. The minimum Gasteiger partial charge on any atom is -0.453 e. The molecule has 25 heavy (non-hydrogen) atoms. The van der Waals surface area contributed by atoms with Gasteiger partial charge in [-0.25, -0.2) is 4.57 Å². The molecular weight excluding hydrogens is 308 g/mol. The highest BCUT2D eigenvalue weighted by atomic mass is 16.3. The molecule has 0 aliphatic heterocycles. The Morgan fingerprint density at radius 3 is 2.44 bits per heavy atom. The van der Waals surface area contributed by atoms with Crippen molar-refractivity contribution in [1.82, 2.24) is 4.98 Å². The first-order valence-corrected chi connectivity index (χ1v) is 8.74. The number of rotatable bonds is 2. The lowest BCUT2D eigenvalue weighted by molar-refractivity contribution is -0.660. The number of hydrogen-bond donors (Lipinski definition) is 0. The minimum absolute atomic E-state index is 0.323. The van der Waals surface area contributed by atoms with Gasteiger partial charge in [0.05, 0.1) is 11.3 Å². The quantitative estimate of drug-likeness (QED) is 0.472. The summed E-state index contributed by atoms with van der Waals surface area (Å²) in [5.41, 5.74) is 7.65. The van der Waals surface area contributed by atoms with Gasteiger partial charge in [0, 0.05) is 28.6 Å². The summed E-state index contributed by atoms with van der Waals surface area (Å²) in [5, 5.41) is 2.30. The molecule has 0 fully saturated rings. The number of aromatic nitrogens is 2. The van der Waals surface area contributed by atoms with E-state index in [9.17, 15) is 0 Å². The average Bonchev–Trinajstić information content (AvgIpc) is 2.94. The lowest BCUT2D eigenvalue weighted by atomic mass is 10.00. The molecule has 0 amide bonds. The minimum atomic E-state index is 0.323. The summed E-state index contributed by atoms with van der Waals surface area (Å²) in [7, 11) is 2.09. The molecule has 0 aliphatic carbocycles. The number of furan rings is 1. The van der Waals surface area contributed by atoms with Gasteiger partial charge in [-0.05, 0) is 37.5 Å². The third-order valence-corrected chi connectivity index (χ3v) is 4.88. The molecule has 0 unspecified atom stereocenters. The van der Waals surface area contributed by atoms with Gasteiger partial charge in [0.2, 0.25) is 5.69 Å². The summed E-state index contributed by atoms with van der Waals surface area (Å²) >= 11 is 0. The summed E-state index contributed by atoms with van der Waals surface area (Å²) in [6.07, 6.45) is 4.04. The Hall–Kier alpha value is -2.68. The zero-order chi connectivity index (χ0) is 17.7. The highest BCUT2D eigenvalue weighted by molar-refractivity contribution is 6.10. The molecule has 3 heteroatoms. The Labute approximate surface area is 147 Å². The van der Waals surface area contributed by atoms with Crippen LogP contribution in [0.4, 0.5) is 0 Å². The maximum absolute atomic E-state index is 6.42. The molecule has 4 rings (SSSR count). The van der Waals surface area contributed by atoms with Crippen molar-refractivity contribution in [3.63, 3.8) is 0 Å². The summed E-state index contributed by atoms with van der Waals surface area (Å²) in [4.78, 5) is 4.56. The smallest absolute Gasteiger partial charge is 0.216 e. The molecule has 3 aromatic heterocycles. The number of aryl methyl sites for hydroxylation is 3. The topological polar surface area (TPSA) is 29.9 Å². The van der Waals surface area contributed by atoms with E-state index in [0.29, 0.717) is 5.92 Å². The average molecular weight is 331 g/mol. The van der Waals surface area contributed by atoms with Gasteiger partial charge < -0.3 is 4.42 Å². The molecule has 3 heterocycles. The van der Waals surface area contributed by atoms with Crippen LogP contribution in [-0.2, 0) is 7.05 Å². The van der Waals surface area contributed by atoms with Gasteiger partial charge in [0.25, 0.3) is 0 Å². The zero-order valence-electron chi connectivity index (χ0n) is 15.4. The van der Waals surface area contributed by atoms with E-state index in [1.165, 1.54) is 11.1 Å². The predicted octanol–water partition coefficient (Wildman–Crippen LogP) is 5.21. The first-order chi connectivity index (χ1) is 12.0. The Balaban J connectivity index is 2.13. The van der Waals surface area contributed by atoms with E-state index in [1.54, 1.807) is 0 Å². The van der Waals surface area contributed by atoms with E-state index in [4.69, 9.17) is 4.42 Å². The van der Waals surface area contributed by atoms with Gasteiger partial charge in [-0.1, -0.05) is 26.0 Å². The number of nitrogens with zero attached hydrogens (tertiary/aromatic N) is 2. The lowest BCUT2D eigenvalue weighted by Gasteiger charge is -2.06. The van der Waals surface area contributed by atoms with Crippen molar-refractivity contribution in [3.05, 3.63) is 59.5 Å². The molecule has 1 aromatic carbocycles. The molecule has 0 radical (unpaired) electrons. The number of fused-ring (bicyclic) bond motifs is 3. The summed E-state index contributed by atoms with van der Waals surface area (Å²) < 4.78 is 8.59. The third-order valence-electron chi connectivity index (χ3n) is 4.88. The number of hydrogen-bond acceptors (Lipinski definition) is 2. The molecule has 0 spiro atoms. The predicted molar refractivity (Wildman–Crippen MR) is 102 cm³/mol. The van der Waals surface area contributed by atoms with E-state index >= 15 is 0 Å². The van der Waals surface area contributed by atoms with Crippen molar-refractivity contribution in [2.24, 2.45) is 7.05 Å². The molecule has 0 saturated carbocycles. The second-order valence-corrected chi connectivity index (χ2v) is 7.17. The summed E-state index contributed by atoms with van der Waals surface area (Å²) in [6, 6.07) is 10.7. The van der Waals surface area contributed by atoms with Crippen LogP contribution in [0.15, 0.2) is 47.1 Å². The van der Waals surface area contributed by atoms with Crippen LogP contribution in [0.2, 0.25) is 0 Å². The molecule has 4 aromatic rings. The molecule has 0 N–H and O–H groups in total. The second-order valence-electron chi connectivity index (χ2n) is 7.17. The van der Waals surface area contributed by atoms with Crippen LogP contribution in [0.1, 0.15) is 36.6 Å². The fourth-order valence-corrected chi connectivity index (χ4v) is 3.62. The van der Waals surface area contributed by atoms with Gasteiger partial charge in [-0.3, -0.25) is 4.98 Å². The zero-order valence-corrected chi connectivity index (χ0v) is 15.4. The first-order valence-electron chi connectivity index (χ1n) is 8.74. The normalized spacial score (nSPS) is 11.8. The van der Waals surface area contributed by atoms with Gasteiger partial charge in [0.1, 0.15) is 12.6 Å². The molecule has 0 bridgehead atoms. The fourth-order valence-electron chi connectivity index (χ4n) is 3.62. The fraction of sp³-hybridized carbons (Fsp3) is 0.273. The van der Waals surface area contributed by atoms with E-state index < -0.39 is 0 Å². The van der Waals surface area contributed by atoms with Crippen LogP contribution in [0, 0.1) is 13.8 Å². The van der Waals surface area contributed by atoms with Gasteiger partial charge >= 0.3 is 0 Å². The van der Waals surface area contributed by atoms with Crippen LogP contribution in [0.5, 0.6) is 0 Å². The van der Waals surface area contributed by atoms with Gasteiger partial charge in [-0.15, -0.1) is 0 Å². The highest BCUT2D eigenvalue weighted by Gasteiger charge is 2.22. The second kappa shape index (κ2) is 5.69. The van der Waals surface area contributed by atoms with Gasteiger partial charge in [-0.2, -0.15) is 0 Å². The Kier molecular flexibility index (Phi) is 3.60. The third kappa shape index (κ3) is 2.42. The Morgan fingerprint density at radius 2 is 1.72 bits per heavy atom. The van der Waals surface area contributed by atoms with E-state index in [0.717, 1.165) is 38.9 Å². The molecule has 126 valence electrons. The van der Waals surface area contributed by atoms with Crippen molar-refractivity contribution in [2.45, 2.75) is 33.6 Å². The van der Waals surface area contributed by atoms with Crippen LogP contribution < -0.4 is 4.57 Å². The molecule has 0 aliphatic rings. The van der Waals surface area contributed by atoms with Crippen molar-refractivity contribution >= 4 is 21.9 Å². The SMILES string of the molecule is Cc1ccc(-c2c(C)ccc3c2oc2c(C(C)C)nccc23)[n+](C)c1. The van der Waals surface area contributed by atoms with E-state index in [1.807, 2.05) is 6.20 Å². The molecule has 3 nitrogen and oxygen atoms in total. The number of benzene rings is 1. The maximum Gasteiger partial charge on any atom is 0.216 e. The standard InChI is InChI=1S/C22H23N2O/c1-13(2)20-22-17(10-11-23-20)16-8-7-15(4)19(21(16)25-22)18-9-6-14(3)12-24(18)5/h6-13H,1-5H3/q+1. The van der Waals surface area contributed by atoms with Crippen LogP contribution >= 0.6 is 0 Å². The first kappa shape index (κ1) is 15.8. The Morgan fingerprint density at radius 1 is 0.960 bits per heavy atom. The van der Waals surface area contributed by atoms with Crippen LogP contribution in [0.3, 0.4) is 0 Å². The molecule has 0 saturated heterocycles. The van der Waals surface area contributed by atoms with Crippen molar-refractivity contribution in [3.8, 4) is 11.3 Å². The van der Waals surface area contributed by atoms with Gasteiger partial charge in [0.15, 0.2) is 11.8 Å². The number of pyridine rings is 2. The Bertz CT molecular complexity index is 1110. The monoisotopic (exact) mass is 331 g/mol. The van der Waals surface area contributed by atoms with Crippen molar-refractivity contribution < 1.29 is 8.98 Å². The van der Waals surface area contributed by atoms with Crippen molar-refractivity contribution in [1.29, 1.82) is 0 Å². The summed E-state index contributed by atoms with van der Waals surface area (Å²) in [5.74, 6) is 0.323. The van der Waals surface area contributed by atoms with Crippen molar-refractivity contribution in [2.75, 3.05) is 0 Å². The molecular formula is C22H23N2O+. The van der Waals surface area contributed by atoms with E-state index in [-0.39, 0.29) is 0 Å². The summed E-state index contributed by atoms with van der Waals surface area (Å²) in [6.45, 7) is 8.56. The lowest BCUT2D eigenvalue weighted by Crippen LogP contribution is -2.31. The van der Waals surface area contributed by atoms with Crippen LogP contribution in [-0.4, -0.2) is 4.98 Å². The highest BCUT2D eigenvalue weighted by Crippen LogP contribution is 2.38. The molecule has 0 atom stereocenters. The van der Waals surface area contributed by atoms with Crippen LogP contribution in [0.25, 0.3) is 33.2 Å². The van der Waals surface area contributed by atoms with E-state index in [2.05, 4.69) is 80.8 Å². The maximum atomic E-state index is 6.42.